The third kappa shape index (κ3) is 3.39. The Morgan fingerprint density at radius 3 is 2.86 bits per heavy atom. The molecule has 0 bridgehead atoms. The molecule has 2 atom stereocenters. The number of nitrogens with one attached hydrogen (secondary N) is 1. The summed E-state index contributed by atoms with van der Waals surface area (Å²) in [5.41, 5.74) is 0.726. The lowest BCUT2D eigenvalue weighted by atomic mass is 10.2. The van der Waals surface area contributed by atoms with E-state index in [0.29, 0.717) is 25.3 Å². The van der Waals surface area contributed by atoms with Gasteiger partial charge in [0, 0.05) is 13.2 Å². The summed E-state index contributed by atoms with van der Waals surface area (Å²) in [7, 11) is 1.57. The molecule has 2 amide bonds. The number of hydrogen-bond donors (Lipinski definition) is 1. The third-order valence-corrected chi connectivity index (χ3v) is 3.68. The van der Waals surface area contributed by atoms with E-state index in [-0.39, 0.29) is 11.8 Å². The maximum Gasteiger partial charge on any atom is 0.249 e. The largest absolute Gasteiger partial charge is 0.495 e. The highest BCUT2D eigenvalue weighted by Gasteiger charge is 2.35. The minimum absolute atomic E-state index is 0.124. The van der Waals surface area contributed by atoms with Gasteiger partial charge in [0.1, 0.15) is 17.9 Å². The second-order valence-corrected chi connectivity index (χ2v) is 5.11. The van der Waals surface area contributed by atoms with E-state index < -0.39 is 12.1 Å². The van der Waals surface area contributed by atoms with Crippen molar-refractivity contribution >= 4 is 17.5 Å². The van der Waals surface area contributed by atoms with Crippen LogP contribution in [0.1, 0.15) is 20.3 Å². The predicted molar refractivity (Wildman–Crippen MR) is 83.0 cm³/mol. The molecule has 2 rings (SSSR count). The van der Waals surface area contributed by atoms with Crippen LogP contribution < -0.4 is 15.0 Å². The summed E-state index contributed by atoms with van der Waals surface area (Å²) in [4.78, 5) is 26.1. The second-order valence-electron chi connectivity index (χ2n) is 5.11. The maximum atomic E-state index is 12.5. The average Bonchev–Trinajstić information content (AvgIpc) is 2.88. The molecule has 1 aliphatic rings. The van der Waals surface area contributed by atoms with E-state index in [4.69, 9.17) is 9.47 Å². The molecule has 22 heavy (non-hydrogen) atoms. The summed E-state index contributed by atoms with van der Waals surface area (Å²) < 4.78 is 10.5. The molecule has 1 aromatic rings. The quantitative estimate of drug-likeness (QED) is 0.861. The van der Waals surface area contributed by atoms with Gasteiger partial charge in [0.15, 0.2) is 0 Å². The van der Waals surface area contributed by atoms with Crippen LogP contribution in [0.4, 0.5) is 5.69 Å². The van der Waals surface area contributed by atoms with Crippen LogP contribution in [0, 0.1) is 0 Å². The van der Waals surface area contributed by atoms with Gasteiger partial charge in [0.05, 0.1) is 12.8 Å². The van der Waals surface area contributed by atoms with Crippen LogP contribution >= 0.6 is 0 Å². The minimum atomic E-state index is -0.557. The number of para-hydroxylation sites is 2. The monoisotopic (exact) mass is 306 g/mol. The van der Waals surface area contributed by atoms with Gasteiger partial charge in [-0.1, -0.05) is 12.1 Å². The van der Waals surface area contributed by atoms with Crippen molar-refractivity contribution in [3.05, 3.63) is 24.3 Å². The Labute approximate surface area is 130 Å². The van der Waals surface area contributed by atoms with Gasteiger partial charge in [-0.15, -0.1) is 0 Å². The zero-order valence-corrected chi connectivity index (χ0v) is 13.2. The molecule has 0 aromatic heterocycles. The minimum Gasteiger partial charge on any atom is -0.495 e. The summed E-state index contributed by atoms with van der Waals surface area (Å²) >= 11 is 0. The van der Waals surface area contributed by atoms with Crippen molar-refractivity contribution < 1.29 is 19.1 Å². The molecule has 0 spiro atoms. The molecule has 1 aromatic carbocycles. The fourth-order valence-electron chi connectivity index (χ4n) is 2.52. The number of nitrogens with zero attached hydrogens (tertiary/aromatic N) is 1. The van der Waals surface area contributed by atoms with Crippen LogP contribution in [0.15, 0.2) is 24.3 Å². The van der Waals surface area contributed by atoms with Crippen LogP contribution in [-0.2, 0) is 14.3 Å². The molecule has 0 aliphatic carbocycles. The summed E-state index contributed by atoms with van der Waals surface area (Å²) in [6.07, 6.45) is 0.0136. The van der Waals surface area contributed by atoms with Crippen LogP contribution in [0.2, 0.25) is 0 Å². The number of ether oxygens (including phenoxy) is 2. The number of hydrogen-bond acceptors (Lipinski definition) is 4. The molecule has 1 heterocycles. The van der Waals surface area contributed by atoms with Crippen molar-refractivity contribution in [2.24, 2.45) is 0 Å². The van der Waals surface area contributed by atoms with Gasteiger partial charge in [-0.2, -0.15) is 0 Å². The number of carbonyl (C=O) groups is 2. The van der Waals surface area contributed by atoms with Gasteiger partial charge in [-0.3, -0.25) is 9.59 Å². The predicted octanol–water partition coefficient (Wildman–Crippen LogP) is 1.34. The first-order valence-corrected chi connectivity index (χ1v) is 7.44. The number of anilines is 1. The molecule has 6 heteroatoms. The highest BCUT2D eigenvalue weighted by molar-refractivity contribution is 6.02. The van der Waals surface area contributed by atoms with E-state index in [2.05, 4.69) is 5.32 Å². The summed E-state index contributed by atoms with van der Waals surface area (Å²) in [6.45, 7) is 4.51. The number of carbonyl (C=O) groups excluding carboxylic acids is 2. The van der Waals surface area contributed by atoms with Crippen molar-refractivity contribution in [1.82, 2.24) is 5.32 Å². The molecule has 2 unspecified atom stereocenters. The van der Waals surface area contributed by atoms with Gasteiger partial charge in [-0.25, -0.2) is 0 Å². The molecular weight excluding hydrogens is 284 g/mol. The smallest absolute Gasteiger partial charge is 0.249 e. The van der Waals surface area contributed by atoms with Crippen LogP contribution in [-0.4, -0.2) is 44.2 Å². The van der Waals surface area contributed by atoms with E-state index in [9.17, 15) is 9.59 Å². The lowest BCUT2D eigenvalue weighted by molar-refractivity contribution is -0.134. The Kier molecular flexibility index (Phi) is 5.38. The SMILES string of the molecule is CCOC(C)C(=O)NC1CCN(c2ccccc2OC)C1=O. The Morgan fingerprint density at radius 2 is 2.18 bits per heavy atom. The van der Waals surface area contributed by atoms with Gasteiger partial charge in [-0.05, 0) is 32.4 Å². The standard InChI is InChI=1S/C16H22N2O4/c1-4-22-11(2)15(19)17-12-9-10-18(16(12)20)13-7-5-6-8-14(13)21-3/h5-8,11-12H,4,9-10H2,1-3H3,(H,17,19). The average molecular weight is 306 g/mol. The van der Waals surface area contributed by atoms with E-state index in [0.717, 1.165) is 5.69 Å². The first-order chi connectivity index (χ1) is 10.6. The molecule has 120 valence electrons. The molecule has 1 aliphatic heterocycles. The van der Waals surface area contributed by atoms with Gasteiger partial charge in [0.2, 0.25) is 11.8 Å². The summed E-state index contributed by atoms with van der Waals surface area (Å²) in [5.74, 6) is 0.258. The topological polar surface area (TPSA) is 67.9 Å². The normalized spacial score (nSPS) is 19.1. The molecule has 0 radical (unpaired) electrons. The fraction of sp³-hybridized carbons (Fsp3) is 0.500. The lowest BCUT2D eigenvalue weighted by Crippen LogP contribution is -2.45. The van der Waals surface area contributed by atoms with Crippen LogP contribution in [0.25, 0.3) is 0 Å². The molecule has 6 nitrogen and oxygen atoms in total. The van der Waals surface area contributed by atoms with Crippen LogP contribution in [0.5, 0.6) is 5.75 Å². The van der Waals surface area contributed by atoms with Gasteiger partial charge >= 0.3 is 0 Å². The number of amides is 2. The highest BCUT2D eigenvalue weighted by Crippen LogP contribution is 2.30. The number of methoxy groups -OCH3 is 1. The molecule has 1 N–H and O–H groups in total. The first kappa shape index (κ1) is 16.3. The zero-order chi connectivity index (χ0) is 16.1. The van der Waals surface area contributed by atoms with E-state index in [1.54, 1.807) is 18.9 Å². The zero-order valence-electron chi connectivity index (χ0n) is 13.2. The van der Waals surface area contributed by atoms with Crippen molar-refractivity contribution in [3.8, 4) is 5.75 Å². The van der Waals surface area contributed by atoms with Crippen LogP contribution in [0.3, 0.4) is 0 Å². The second kappa shape index (κ2) is 7.26. The van der Waals surface area contributed by atoms with Crippen molar-refractivity contribution in [3.63, 3.8) is 0 Å². The first-order valence-electron chi connectivity index (χ1n) is 7.44. The Morgan fingerprint density at radius 1 is 1.45 bits per heavy atom. The van der Waals surface area contributed by atoms with E-state index in [1.165, 1.54) is 0 Å². The van der Waals surface area contributed by atoms with Crippen molar-refractivity contribution in [2.45, 2.75) is 32.4 Å². The molecule has 0 saturated carbocycles. The van der Waals surface area contributed by atoms with E-state index >= 15 is 0 Å². The number of rotatable bonds is 6. The summed E-state index contributed by atoms with van der Waals surface area (Å²) in [6, 6.07) is 6.84. The Balaban J connectivity index is 2.05. The lowest BCUT2D eigenvalue weighted by Gasteiger charge is -2.20. The van der Waals surface area contributed by atoms with Gasteiger partial charge in [0.25, 0.3) is 0 Å². The maximum absolute atomic E-state index is 12.5. The van der Waals surface area contributed by atoms with Gasteiger partial charge < -0.3 is 19.7 Å². The molecular formula is C16H22N2O4. The third-order valence-electron chi connectivity index (χ3n) is 3.68. The summed E-state index contributed by atoms with van der Waals surface area (Å²) in [5, 5.41) is 2.75. The van der Waals surface area contributed by atoms with E-state index in [1.807, 2.05) is 31.2 Å². The Hall–Kier alpha value is -2.08. The van der Waals surface area contributed by atoms with Crippen molar-refractivity contribution in [1.29, 1.82) is 0 Å². The number of benzene rings is 1. The Bertz CT molecular complexity index is 547. The molecule has 1 fully saturated rings. The fourth-order valence-corrected chi connectivity index (χ4v) is 2.52. The highest BCUT2D eigenvalue weighted by atomic mass is 16.5. The van der Waals surface area contributed by atoms with Crippen molar-refractivity contribution in [2.75, 3.05) is 25.2 Å². The molecule has 1 saturated heterocycles.